The number of aromatic nitrogens is 2. The number of nitrogens with zero attached hydrogens (tertiary/aromatic N) is 2. The van der Waals surface area contributed by atoms with Crippen LogP contribution in [0.2, 0.25) is 0 Å². The van der Waals surface area contributed by atoms with Crippen LogP contribution in [0, 0.1) is 6.92 Å². The molecule has 4 nitrogen and oxygen atoms in total. The molecule has 5 heteroatoms. The van der Waals surface area contributed by atoms with Gasteiger partial charge in [0.2, 0.25) is 0 Å². The number of methoxy groups -OCH3 is 1. The van der Waals surface area contributed by atoms with Crippen molar-refractivity contribution in [3.05, 3.63) is 40.3 Å². The molecular weight excluding hydrogens is 318 g/mol. The molecule has 1 atom stereocenters. The van der Waals surface area contributed by atoms with Crippen molar-refractivity contribution < 1.29 is 4.74 Å². The first-order valence-electron chi connectivity index (χ1n) is 6.43. The van der Waals surface area contributed by atoms with E-state index in [4.69, 9.17) is 10.5 Å². The van der Waals surface area contributed by atoms with E-state index in [0.717, 1.165) is 33.0 Å². The van der Waals surface area contributed by atoms with Gasteiger partial charge in [-0.25, -0.2) is 9.97 Å². The van der Waals surface area contributed by atoms with Gasteiger partial charge < -0.3 is 10.5 Å². The maximum Gasteiger partial charge on any atom is 0.130 e. The van der Waals surface area contributed by atoms with Gasteiger partial charge in [-0.3, -0.25) is 0 Å². The Morgan fingerprint density at radius 3 is 2.70 bits per heavy atom. The molecule has 0 spiro atoms. The third kappa shape index (κ3) is 3.55. The number of hydrogen-bond donors (Lipinski definition) is 1. The molecule has 0 aliphatic carbocycles. The molecule has 0 saturated heterocycles. The number of ether oxygens (including phenoxy) is 1. The summed E-state index contributed by atoms with van der Waals surface area (Å²) in [7, 11) is 1.66. The highest BCUT2D eigenvalue weighted by Crippen LogP contribution is 2.31. The maximum absolute atomic E-state index is 5.83. The van der Waals surface area contributed by atoms with E-state index in [1.54, 1.807) is 7.11 Å². The molecule has 2 N–H and O–H groups in total. The molecule has 2 rings (SSSR count). The molecule has 0 aliphatic rings. The summed E-state index contributed by atoms with van der Waals surface area (Å²) in [5.74, 6) is 1.55. The third-order valence-corrected chi connectivity index (χ3v) is 3.34. The highest BCUT2D eigenvalue weighted by molar-refractivity contribution is 9.10. The van der Waals surface area contributed by atoms with Crippen LogP contribution in [0.4, 0.5) is 0 Å². The zero-order valence-electron chi connectivity index (χ0n) is 11.9. The van der Waals surface area contributed by atoms with Crippen LogP contribution in [0.1, 0.15) is 18.4 Å². The minimum Gasteiger partial charge on any atom is -0.496 e. The Labute approximate surface area is 127 Å². The van der Waals surface area contributed by atoms with Gasteiger partial charge in [0.1, 0.15) is 11.6 Å². The lowest BCUT2D eigenvalue weighted by atomic mass is 10.1. The van der Waals surface area contributed by atoms with Crippen molar-refractivity contribution in [2.75, 3.05) is 7.11 Å². The maximum atomic E-state index is 5.83. The molecule has 1 aromatic carbocycles. The van der Waals surface area contributed by atoms with Crippen LogP contribution in [0.25, 0.3) is 11.3 Å². The molecule has 2 aromatic rings. The van der Waals surface area contributed by atoms with Crippen molar-refractivity contribution in [1.29, 1.82) is 0 Å². The summed E-state index contributed by atoms with van der Waals surface area (Å²) >= 11 is 3.48. The van der Waals surface area contributed by atoms with Crippen LogP contribution in [0.5, 0.6) is 5.75 Å². The van der Waals surface area contributed by atoms with E-state index in [-0.39, 0.29) is 6.04 Å². The summed E-state index contributed by atoms with van der Waals surface area (Å²) < 4.78 is 6.39. The Hall–Kier alpha value is -1.46. The van der Waals surface area contributed by atoms with Gasteiger partial charge in [-0.05, 0) is 38.1 Å². The molecule has 0 fully saturated rings. The van der Waals surface area contributed by atoms with Gasteiger partial charge in [-0.1, -0.05) is 15.9 Å². The molecule has 106 valence electrons. The standard InChI is InChI=1S/C15H18BrN3O/c1-9(17)6-15-18-10(2)7-13(19-15)12-8-11(16)4-5-14(12)20-3/h4-5,7-9H,6,17H2,1-3H3. The van der Waals surface area contributed by atoms with Crippen LogP contribution in [0.15, 0.2) is 28.7 Å². The fourth-order valence-corrected chi connectivity index (χ4v) is 2.39. The number of aryl methyl sites for hydroxylation is 1. The normalized spacial score (nSPS) is 12.2. The minimum atomic E-state index is 0.0362. The minimum absolute atomic E-state index is 0.0362. The second-order valence-corrected chi connectivity index (χ2v) is 5.75. The van der Waals surface area contributed by atoms with E-state index < -0.39 is 0 Å². The Balaban J connectivity index is 2.51. The van der Waals surface area contributed by atoms with Gasteiger partial charge in [0.15, 0.2) is 0 Å². The molecule has 1 unspecified atom stereocenters. The van der Waals surface area contributed by atoms with Crippen LogP contribution < -0.4 is 10.5 Å². The Kier molecular flexibility index (Phi) is 4.73. The summed E-state index contributed by atoms with van der Waals surface area (Å²) in [4.78, 5) is 9.04. The smallest absolute Gasteiger partial charge is 0.130 e. The van der Waals surface area contributed by atoms with Gasteiger partial charge in [0.25, 0.3) is 0 Å². The summed E-state index contributed by atoms with van der Waals surface area (Å²) in [6.07, 6.45) is 0.658. The van der Waals surface area contributed by atoms with Crippen LogP contribution in [-0.4, -0.2) is 23.1 Å². The third-order valence-electron chi connectivity index (χ3n) is 2.84. The molecule has 1 heterocycles. The highest BCUT2D eigenvalue weighted by Gasteiger charge is 2.11. The van der Waals surface area contributed by atoms with Crippen molar-refractivity contribution in [3.63, 3.8) is 0 Å². The second-order valence-electron chi connectivity index (χ2n) is 4.84. The number of hydrogen-bond acceptors (Lipinski definition) is 4. The van der Waals surface area contributed by atoms with E-state index in [2.05, 4.69) is 25.9 Å². The van der Waals surface area contributed by atoms with E-state index in [1.807, 2.05) is 38.1 Å². The van der Waals surface area contributed by atoms with Gasteiger partial charge in [0, 0.05) is 28.2 Å². The lowest BCUT2D eigenvalue weighted by Crippen LogP contribution is -2.19. The van der Waals surface area contributed by atoms with E-state index in [0.29, 0.717) is 6.42 Å². The Morgan fingerprint density at radius 1 is 1.30 bits per heavy atom. The average molecular weight is 336 g/mol. The molecule has 0 bridgehead atoms. The summed E-state index contributed by atoms with van der Waals surface area (Å²) in [5, 5.41) is 0. The fourth-order valence-electron chi connectivity index (χ4n) is 2.03. The highest BCUT2D eigenvalue weighted by atomic mass is 79.9. The van der Waals surface area contributed by atoms with Gasteiger partial charge in [0.05, 0.1) is 12.8 Å². The largest absolute Gasteiger partial charge is 0.496 e. The van der Waals surface area contributed by atoms with Crippen LogP contribution >= 0.6 is 15.9 Å². The molecule has 0 amide bonds. The fraction of sp³-hybridized carbons (Fsp3) is 0.333. The van der Waals surface area contributed by atoms with Crippen LogP contribution in [0.3, 0.4) is 0 Å². The van der Waals surface area contributed by atoms with Gasteiger partial charge in [-0.15, -0.1) is 0 Å². The molecule has 20 heavy (non-hydrogen) atoms. The number of rotatable bonds is 4. The molecule has 1 aromatic heterocycles. The van der Waals surface area contributed by atoms with E-state index >= 15 is 0 Å². The zero-order chi connectivity index (χ0) is 14.7. The van der Waals surface area contributed by atoms with Crippen molar-refractivity contribution in [2.45, 2.75) is 26.3 Å². The van der Waals surface area contributed by atoms with E-state index in [1.165, 1.54) is 0 Å². The summed E-state index contributed by atoms with van der Waals surface area (Å²) in [6.45, 7) is 3.91. The quantitative estimate of drug-likeness (QED) is 0.932. The topological polar surface area (TPSA) is 61.0 Å². The van der Waals surface area contributed by atoms with Crippen molar-refractivity contribution >= 4 is 15.9 Å². The first-order chi connectivity index (χ1) is 9.49. The van der Waals surface area contributed by atoms with E-state index in [9.17, 15) is 0 Å². The van der Waals surface area contributed by atoms with Crippen molar-refractivity contribution in [3.8, 4) is 17.0 Å². The summed E-state index contributed by atoms with van der Waals surface area (Å²) in [5.41, 5.74) is 8.55. The summed E-state index contributed by atoms with van der Waals surface area (Å²) in [6, 6.07) is 7.85. The predicted octanol–water partition coefficient (Wildman–Crippen LogP) is 3.11. The average Bonchev–Trinajstić information content (AvgIpc) is 2.37. The molecule has 0 saturated carbocycles. The lowest BCUT2D eigenvalue weighted by molar-refractivity contribution is 0.416. The predicted molar refractivity (Wildman–Crippen MR) is 83.8 cm³/mol. The van der Waals surface area contributed by atoms with Crippen LogP contribution in [-0.2, 0) is 6.42 Å². The second kappa shape index (κ2) is 6.33. The monoisotopic (exact) mass is 335 g/mol. The first kappa shape index (κ1) is 14.9. The molecular formula is C15H18BrN3O. The Bertz CT molecular complexity index is 614. The van der Waals surface area contributed by atoms with Gasteiger partial charge in [-0.2, -0.15) is 0 Å². The Morgan fingerprint density at radius 2 is 2.05 bits per heavy atom. The number of benzene rings is 1. The molecule has 0 radical (unpaired) electrons. The van der Waals surface area contributed by atoms with Gasteiger partial charge >= 0.3 is 0 Å². The zero-order valence-corrected chi connectivity index (χ0v) is 13.4. The first-order valence-corrected chi connectivity index (χ1v) is 7.23. The number of nitrogens with two attached hydrogens (primary N) is 1. The molecule has 0 aliphatic heterocycles. The van der Waals surface area contributed by atoms with Crippen molar-refractivity contribution in [1.82, 2.24) is 9.97 Å². The lowest BCUT2D eigenvalue weighted by Gasteiger charge is -2.11. The number of halogens is 1. The SMILES string of the molecule is COc1ccc(Br)cc1-c1cc(C)nc(CC(C)N)n1. The van der Waals surface area contributed by atoms with Crippen molar-refractivity contribution in [2.24, 2.45) is 5.73 Å².